The van der Waals surface area contributed by atoms with Crippen LogP contribution >= 0.6 is 0 Å². The molecule has 1 amide bonds. The predicted molar refractivity (Wildman–Crippen MR) is 113 cm³/mol. The van der Waals surface area contributed by atoms with Crippen LogP contribution in [0.4, 0.5) is 11.4 Å². The highest BCUT2D eigenvalue weighted by Gasteiger charge is 2.12. The molecule has 0 aliphatic carbocycles. The molecule has 0 unspecified atom stereocenters. The fourth-order valence-electron chi connectivity index (χ4n) is 3.01. The third-order valence-electron chi connectivity index (χ3n) is 4.67. The third kappa shape index (κ3) is 4.61. The maximum Gasteiger partial charge on any atom is 0.275 e. The van der Waals surface area contributed by atoms with E-state index in [4.69, 9.17) is 0 Å². The van der Waals surface area contributed by atoms with E-state index in [9.17, 15) is 4.79 Å². The molecule has 0 bridgehead atoms. The van der Waals surface area contributed by atoms with Crippen LogP contribution in [0.5, 0.6) is 0 Å². The summed E-state index contributed by atoms with van der Waals surface area (Å²) < 4.78 is 0. The molecule has 7 nitrogen and oxygen atoms in total. The molecule has 0 saturated carbocycles. The van der Waals surface area contributed by atoms with Crippen molar-refractivity contribution in [1.82, 2.24) is 19.9 Å². The standard InChI is InChI=1S/C21H26N6O/c1-4-27(5-2)12-11-22-17-8-9-18(20-16(17)7-6-10-23-20)26-21(28)19-14-24-15(3)13-25-19/h6-10,13-14,22H,4-5,11-12H2,1-3H3,(H,26,28). The maximum atomic E-state index is 12.5. The van der Waals surface area contributed by atoms with Crippen molar-refractivity contribution >= 4 is 28.2 Å². The number of fused-ring (bicyclic) bond motifs is 1. The van der Waals surface area contributed by atoms with Crippen molar-refractivity contribution in [2.45, 2.75) is 20.8 Å². The normalized spacial score (nSPS) is 11.0. The number of aromatic nitrogens is 3. The van der Waals surface area contributed by atoms with E-state index in [0.717, 1.165) is 48.5 Å². The first-order valence-electron chi connectivity index (χ1n) is 9.56. The number of benzene rings is 1. The Bertz CT molecular complexity index is 937. The van der Waals surface area contributed by atoms with Gasteiger partial charge in [0.15, 0.2) is 0 Å². The Labute approximate surface area is 165 Å². The van der Waals surface area contributed by atoms with Crippen LogP contribution < -0.4 is 10.6 Å². The van der Waals surface area contributed by atoms with Gasteiger partial charge in [-0.1, -0.05) is 13.8 Å². The van der Waals surface area contributed by atoms with Crippen LogP contribution in [0.25, 0.3) is 10.9 Å². The monoisotopic (exact) mass is 378 g/mol. The Morgan fingerprint density at radius 3 is 2.54 bits per heavy atom. The number of nitrogens with one attached hydrogen (secondary N) is 2. The van der Waals surface area contributed by atoms with Crippen LogP contribution in [0.2, 0.25) is 0 Å². The van der Waals surface area contributed by atoms with Crippen molar-refractivity contribution in [3.63, 3.8) is 0 Å². The molecule has 0 aliphatic heterocycles. The zero-order valence-electron chi connectivity index (χ0n) is 16.6. The van der Waals surface area contributed by atoms with Crippen molar-refractivity contribution in [3.05, 3.63) is 54.2 Å². The fraction of sp³-hybridized carbons (Fsp3) is 0.333. The number of likely N-dealkylation sites (N-methyl/N-ethyl adjacent to an activating group) is 1. The molecule has 28 heavy (non-hydrogen) atoms. The Balaban J connectivity index is 1.79. The molecule has 1 aromatic carbocycles. The van der Waals surface area contributed by atoms with Gasteiger partial charge in [-0.15, -0.1) is 0 Å². The molecule has 2 aromatic heterocycles. The Morgan fingerprint density at radius 2 is 1.82 bits per heavy atom. The lowest BCUT2D eigenvalue weighted by molar-refractivity contribution is 0.102. The summed E-state index contributed by atoms with van der Waals surface area (Å²) in [5.41, 5.74) is 3.43. The largest absolute Gasteiger partial charge is 0.383 e. The van der Waals surface area contributed by atoms with E-state index in [-0.39, 0.29) is 11.6 Å². The van der Waals surface area contributed by atoms with Crippen molar-refractivity contribution in [1.29, 1.82) is 0 Å². The number of amides is 1. The lowest BCUT2D eigenvalue weighted by atomic mass is 10.1. The van der Waals surface area contributed by atoms with Crippen LogP contribution in [-0.2, 0) is 0 Å². The van der Waals surface area contributed by atoms with Crippen molar-refractivity contribution in [2.24, 2.45) is 0 Å². The molecule has 3 aromatic rings. The van der Waals surface area contributed by atoms with Gasteiger partial charge in [-0.3, -0.25) is 14.8 Å². The average Bonchev–Trinajstić information content (AvgIpc) is 2.73. The summed E-state index contributed by atoms with van der Waals surface area (Å²) >= 11 is 0. The second kappa shape index (κ2) is 9.23. The average molecular weight is 378 g/mol. The van der Waals surface area contributed by atoms with Gasteiger partial charge < -0.3 is 15.5 Å². The van der Waals surface area contributed by atoms with E-state index in [0.29, 0.717) is 5.69 Å². The highest BCUT2D eigenvalue weighted by atomic mass is 16.1. The smallest absolute Gasteiger partial charge is 0.275 e. The van der Waals surface area contributed by atoms with Gasteiger partial charge in [-0.25, -0.2) is 4.98 Å². The van der Waals surface area contributed by atoms with Crippen LogP contribution in [0.15, 0.2) is 42.9 Å². The Morgan fingerprint density at radius 1 is 1.04 bits per heavy atom. The summed E-state index contributed by atoms with van der Waals surface area (Å²) in [6, 6.07) is 7.75. The molecular weight excluding hydrogens is 352 g/mol. The van der Waals surface area contributed by atoms with Crippen LogP contribution in [0.3, 0.4) is 0 Å². The molecule has 0 radical (unpaired) electrons. The minimum absolute atomic E-state index is 0.274. The van der Waals surface area contributed by atoms with Gasteiger partial charge in [-0.05, 0) is 44.3 Å². The summed E-state index contributed by atoms with van der Waals surface area (Å²) in [5, 5.41) is 7.36. The molecular formula is C21H26N6O. The molecule has 7 heteroatoms. The summed E-state index contributed by atoms with van der Waals surface area (Å²) in [6.07, 6.45) is 4.78. The number of nitrogens with zero attached hydrogens (tertiary/aromatic N) is 4. The molecule has 0 saturated heterocycles. The van der Waals surface area contributed by atoms with Crippen LogP contribution in [0.1, 0.15) is 30.0 Å². The minimum atomic E-state index is -0.304. The molecule has 3 rings (SSSR count). The number of carbonyl (C=O) groups excluding carboxylic acids is 1. The van der Waals surface area contributed by atoms with E-state index in [1.54, 1.807) is 12.4 Å². The van der Waals surface area contributed by atoms with E-state index in [1.165, 1.54) is 6.20 Å². The third-order valence-corrected chi connectivity index (χ3v) is 4.67. The lowest BCUT2D eigenvalue weighted by Crippen LogP contribution is -2.28. The molecule has 0 atom stereocenters. The van der Waals surface area contributed by atoms with E-state index >= 15 is 0 Å². The van der Waals surface area contributed by atoms with Gasteiger partial charge in [0.05, 0.1) is 23.1 Å². The number of rotatable bonds is 8. The fourth-order valence-corrected chi connectivity index (χ4v) is 3.01. The summed E-state index contributed by atoms with van der Waals surface area (Å²) in [7, 11) is 0. The van der Waals surface area contributed by atoms with Crippen LogP contribution in [-0.4, -0.2) is 51.9 Å². The van der Waals surface area contributed by atoms with Gasteiger partial charge in [-0.2, -0.15) is 0 Å². The molecule has 0 aliphatic rings. The highest BCUT2D eigenvalue weighted by molar-refractivity contribution is 6.09. The van der Waals surface area contributed by atoms with Crippen molar-refractivity contribution < 1.29 is 4.79 Å². The van der Waals surface area contributed by atoms with Gasteiger partial charge in [0, 0.05) is 36.6 Å². The second-order valence-electron chi connectivity index (χ2n) is 6.51. The maximum absolute atomic E-state index is 12.5. The van der Waals surface area contributed by atoms with Gasteiger partial charge in [0.25, 0.3) is 5.91 Å². The molecule has 146 valence electrons. The van der Waals surface area contributed by atoms with E-state index in [1.807, 2.05) is 31.2 Å². The summed E-state index contributed by atoms with van der Waals surface area (Å²) in [6.45, 7) is 10.0. The minimum Gasteiger partial charge on any atom is -0.383 e. The Kier molecular flexibility index (Phi) is 6.49. The predicted octanol–water partition coefficient (Wildman–Crippen LogP) is 3.34. The quantitative estimate of drug-likeness (QED) is 0.626. The second-order valence-corrected chi connectivity index (χ2v) is 6.51. The number of aryl methyl sites for hydroxylation is 1. The van der Waals surface area contributed by atoms with Gasteiger partial charge >= 0.3 is 0 Å². The summed E-state index contributed by atoms with van der Waals surface area (Å²) in [4.78, 5) is 27.6. The molecule has 0 spiro atoms. The van der Waals surface area contributed by atoms with E-state index in [2.05, 4.69) is 44.3 Å². The first kappa shape index (κ1) is 19.7. The number of anilines is 2. The molecule has 2 heterocycles. The number of carbonyl (C=O) groups is 1. The van der Waals surface area contributed by atoms with Crippen molar-refractivity contribution in [2.75, 3.05) is 36.8 Å². The zero-order chi connectivity index (χ0) is 19.9. The van der Waals surface area contributed by atoms with Crippen molar-refractivity contribution in [3.8, 4) is 0 Å². The molecule has 0 fully saturated rings. The molecule has 2 N–H and O–H groups in total. The SMILES string of the molecule is CCN(CC)CCNc1ccc(NC(=O)c2cnc(C)cn2)c2ncccc12. The number of hydrogen-bond acceptors (Lipinski definition) is 6. The van der Waals surface area contributed by atoms with E-state index < -0.39 is 0 Å². The lowest BCUT2D eigenvalue weighted by Gasteiger charge is -2.19. The number of hydrogen-bond donors (Lipinski definition) is 2. The van der Waals surface area contributed by atoms with Crippen LogP contribution in [0, 0.1) is 6.92 Å². The first-order valence-corrected chi connectivity index (χ1v) is 9.56. The summed E-state index contributed by atoms with van der Waals surface area (Å²) in [5.74, 6) is -0.304. The zero-order valence-corrected chi connectivity index (χ0v) is 16.6. The highest BCUT2D eigenvalue weighted by Crippen LogP contribution is 2.28. The Hall–Kier alpha value is -3.06. The van der Waals surface area contributed by atoms with Gasteiger partial charge in [0.2, 0.25) is 0 Å². The first-order chi connectivity index (χ1) is 13.6. The topological polar surface area (TPSA) is 83.0 Å². The van der Waals surface area contributed by atoms with Gasteiger partial charge in [0.1, 0.15) is 5.69 Å². The number of pyridine rings is 1.